The van der Waals surface area contributed by atoms with Crippen molar-refractivity contribution >= 4 is 16.8 Å². The molecule has 2 rings (SSSR count). The lowest BCUT2D eigenvalue weighted by atomic mass is 10.1. The van der Waals surface area contributed by atoms with Gasteiger partial charge < -0.3 is 15.2 Å². The van der Waals surface area contributed by atoms with E-state index in [0.29, 0.717) is 6.54 Å². The predicted molar refractivity (Wildman–Crippen MR) is 83.3 cm³/mol. The van der Waals surface area contributed by atoms with Crippen LogP contribution in [0.15, 0.2) is 18.2 Å². The van der Waals surface area contributed by atoms with Gasteiger partial charge in [0.05, 0.1) is 11.1 Å². The van der Waals surface area contributed by atoms with Crippen molar-refractivity contribution in [2.45, 2.75) is 20.3 Å². The highest BCUT2D eigenvalue weighted by atomic mass is 16.1. The van der Waals surface area contributed by atoms with E-state index in [0.717, 1.165) is 35.1 Å². The van der Waals surface area contributed by atoms with Crippen molar-refractivity contribution in [3.63, 3.8) is 0 Å². The van der Waals surface area contributed by atoms with E-state index in [2.05, 4.69) is 28.2 Å². The molecule has 0 atom stereocenters. The van der Waals surface area contributed by atoms with Gasteiger partial charge in [0.1, 0.15) is 0 Å². The van der Waals surface area contributed by atoms with Crippen molar-refractivity contribution < 1.29 is 4.79 Å². The summed E-state index contributed by atoms with van der Waals surface area (Å²) >= 11 is 0. The highest BCUT2D eigenvalue weighted by molar-refractivity contribution is 6.06. The molecule has 0 saturated carbocycles. The molecule has 1 aromatic carbocycles. The van der Waals surface area contributed by atoms with Crippen LogP contribution in [0.1, 0.15) is 28.0 Å². The number of benzene rings is 1. The van der Waals surface area contributed by atoms with E-state index < -0.39 is 0 Å². The third kappa shape index (κ3) is 3.02. The van der Waals surface area contributed by atoms with E-state index in [-0.39, 0.29) is 5.91 Å². The molecule has 4 nitrogen and oxygen atoms in total. The third-order valence-corrected chi connectivity index (χ3v) is 3.66. The molecule has 0 saturated heterocycles. The molecule has 1 heterocycles. The highest BCUT2D eigenvalue weighted by Gasteiger charge is 2.13. The second-order valence-electron chi connectivity index (χ2n) is 5.52. The number of aromatic amines is 1. The molecule has 0 radical (unpaired) electrons. The van der Waals surface area contributed by atoms with Crippen molar-refractivity contribution in [3.8, 4) is 0 Å². The quantitative estimate of drug-likeness (QED) is 0.822. The number of fused-ring (bicyclic) bond motifs is 1. The number of aryl methyl sites for hydroxylation is 2. The molecule has 0 fully saturated rings. The molecule has 108 valence electrons. The summed E-state index contributed by atoms with van der Waals surface area (Å²) in [4.78, 5) is 17.7. The van der Waals surface area contributed by atoms with Crippen LogP contribution in [0.3, 0.4) is 0 Å². The maximum Gasteiger partial charge on any atom is 0.253 e. The SMILES string of the molecule is Cc1[nH]c2c(C(=O)NCCCN(C)C)cccc2c1C. The third-order valence-electron chi connectivity index (χ3n) is 3.66. The minimum absolute atomic E-state index is 0.00407. The van der Waals surface area contributed by atoms with E-state index in [1.807, 2.05) is 33.2 Å². The van der Waals surface area contributed by atoms with Gasteiger partial charge in [0, 0.05) is 17.6 Å². The Labute approximate surface area is 120 Å². The fraction of sp³-hybridized carbons (Fsp3) is 0.438. The van der Waals surface area contributed by atoms with Gasteiger partial charge in [0.2, 0.25) is 0 Å². The molecule has 1 amide bonds. The first-order valence-corrected chi connectivity index (χ1v) is 7.01. The van der Waals surface area contributed by atoms with Gasteiger partial charge in [-0.05, 0) is 52.5 Å². The fourth-order valence-corrected chi connectivity index (χ4v) is 2.36. The van der Waals surface area contributed by atoms with Crippen LogP contribution in [0.2, 0.25) is 0 Å². The summed E-state index contributed by atoms with van der Waals surface area (Å²) in [5.41, 5.74) is 3.99. The van der Waals surface area contributed by atoms with Gasteiger partial charge in [-0.25, -0.2) is 0 Å². The Morgan fingerprint density at radius 1 is 1.30 bits per heavy atom. The van der Waals surface area contributed by atoms with Crippen LogP contribution in [0.25, 0.3) is 10.9 Å². The Bertz CT molecular complexity index is 613. The lowest BCUT2D eigenvalue weighted by molar-refractivity contribution is 0.0954. The summed E-state index contributed by atoms with van der Waals surface area (Å²) < 4.78 is 0. The van der Waals surface area contributed by atoms with Gasteiger partial charge in [-0.3, -0.25) is 4.79 Å². The molecular formula is C16H23N3O. The standard InChI is InChI=1S/C16H23N3O/c1-11-12(2)18-15-13(11)7-5-8-14(15)16(20)17-9-6-10-19(3)4/h5,7-8,18H,6,9-10H2,1-4H3,(H,17,20). The number of carbonyl (C=O) groups is 1. The molecule has 20 heavy (non-hydrogen) atoms. The van der Waals surface area contributed by atoms with Crippen molar-refractivity contribution in [3.05, 3.63) is 35.0 Å². The van der Waals surface area contributed by atoms with Crippen molar-refractivity contribution in [2.24, 2.45) is 0 Å². The predicted octanol–water partition coefficient (Wildman–Crippen LogP) is 2.47. The second kappa shape index (κ2) is 6.09. The number of para-hydroxylation sites is 1. The molecule has 0 bridgehead atoms. The Hall–Kier alpha value is -1.81. The number of nitrogens with one attached hydrogen (secondary N) is 2. The van der Waals surface area contributed by atoms with Crippen LogP contribution in [-0.4, -0.2) is 43.0 Å². The number of amides is 1. The molecule has 4 heteroatoms. The summed E-state index contributed by atoms with van der Waals surface area (Å²) in [6.45, 7) is 5.79. The Morgan fingerprint density at radius 2 is 2.05 bits per heavy atom. The smallest absolute Gasteiger partial charge is 0.253 e. The molecule has 0 aliphatic heterocycles. The summed E-state index contributed by atoms with van der Waals surface area (Å²) in [5, 5.41) is 4.12. The van der Waals surface area contributed by atoms with Crippen LogP contribution in [0.5, 0.6) is 0 Å². The van der Waals surface area contributed by atoms with E-state index in [1.54, 1.807) is 0 Å². The summed E-state index contributed by atoms with van der Waals surface area (Å²) in [6.07, 6.45) is 0.956. The molecule has 0 aliphatic carbocycles. The van der Waals surface area contributed by atoms with Gasteiger partial charge >= 0.3 is 0 Å². The van der Waals surface area contributed by atoms with Crippen LogP contribution in [0.4, 0.5) is 0 Å². The topological polar surface area (TPSA) is 48.1 Å². The highest BCUT2D eigenvalue weighted by Crippen LogP contribution is 2.24. The Balaban J connectivity index is 2.12. The molecule has 0 aliphatic rings. The molecule has 0 unspecified atom stereocenters. The van der Waals surface area contributed by atoms with Crippen LogP contribution < -0.4 is 5.32 Å². The minimum atomic E-state index is -0.00407. The van der Waals surface area contributed by atoms with Gasteiger partial charge in [-0.1, -0.05) is 12.1 Å². The number of hydrogen-bond acceptors (Lipinski definition) is 2. The zero-order valence-corrected chi connectivity index (χ0v) is 12.7. The number of aromatic nitrogens is 1. The number of hydrogen-bond donors (Lipinski definition) is 2. The van der Waals surface area contributed by atoms with Gasteiger partial charge in [-0.15, -0.1) is 0 Å². The monoisotopic (exact) mass is 273 g/mol. The zero-order chi connectivity index (χ0) is 14.7. The largest absolute Gasteiger partial charge is 0.358 e. The molecule has 1 aromatic heterocycles. The summed E-state index contributed by atoms with van der Waals surface area (Å²) in [6, 6.07) is 5.87. The first kappa shape index (κ1) is 14.6. The average molecular weight is 273 g/mol. The normalized spacial score (nSPS) is 11.2. The van der Waals surface area contributed by atoms with E-state index in [4.69, 9.17) is 0 Å². The van der Waals surface area contributed by atoms with Crippen molar-refractivity contribution in [1.82, 2.24) is 15.2 Å². The number of carbonyl (C=O) groups excluding carboxylic acids is 1. The maximum atomic E-state index is 12.3. The van der Waals surface area contributed by atoms with Crippen LogP contribution >= 0.6 is 0 Å². The first-order valence-electron chi connectivity index (χ1n) is 7.01. The van der Waals surface area contributed by atoms with Crippen molar-refractivity contribution in [2.75, 3.05) is 27.2 Å². The number of H-pyrrole nitrogens is 1. The molecular weight excluding hydrogens is 250 g/mol. The van der Waals surface area contributed by atoms with E-state index in [1.165, 1.54) is 5.56 Å². The fourth-order valence-electron chi connectivity index (χ4n) is 2.36. The average Bonchev–Trinajstić information content (AvgIpc) is 2.70. The molecule has 2 N–H and O–H groups in total. The second-order valence-corrected chi connectivity index (χ2v) is 5.52. The van der Waals surface area contributed by atoms with Crippen LogP contribution in [0, 0.1) is 13.8 Å². The minimum Gasteiger partial charge on any atom is -0.358 e. The van der Waals surface area contributed by atoms with Gasteiger partial charge in [0.25, 0.3) is 5.91 Å². The first-order chi connectivity index (χ1) is 9.50. The zero-order valence-electron chi connectivity index (χ0n) is 12.7. The Kier molecular flexibility index (Phi) is 4.45. The Morgan fingerprint density at radius 3 is 2.75 bits per heavy atom. The molecule has 2 aromatic rings. The van der Waals surface area contributed by atoms with E-state index in [9.17, 15) is 4.79 Å². The number of rotatable bonds is 5. The van der Waals surface area contributed by atoms with Gasteiger partial charge in [0.15, 0.2) is 0 Å². The summed E-state index contributed by atoms with van der Waals surface area (Å²) in [5.74, 6) is -0.00407. The maximum absolute atomic E-state index is 12.3. The van der Waals surface area contributed by atoms with Crippen LogP contribution in [-0.2, 0) is 0 Å². The molecule has 0 spiro atoms. The lowest BCUT2D eigenvalue weighted by Gasteiger charge is -2.10. The van der Waals surface area contributed by atoms with Gasteiger partial charge in [-0.2, -0.15) is 0 Å². The number of nitrogens with zero attached hydrogens (tertiary/aromatic N) is 1. The van der Waals surface area contributed by atoms with Crippen molar-refractivity contribution in [1.29, 1.82) is 0 Å². The van der Waals surface area contributed by atoms with E-state index >= 15 is 0 Å². The summed E-state index contributed by atoms with van der Waals surface area (Å²) in [7, 11) is 4.07. The lowest BCUT2D eigenvalue weighted by Crippen LogP contribution is -2.27.